The Morgan fingerprint density at radius 3 is 1.72 bits per heavy atom. The first kappa shape index (κ1) is 76.2. The van der Waals surface area contributed by atoms with E-state index in [1.54, 1.807) is 6.08 Å². The first-order valence-corrected chi connectivity index (χ1v) is 31.9. The molecule has 3 heterocycles. The molecule has 0 aromatic carbocycles. The van der Waals surface area contributed by atoms with Gasteiger partial charge in [-0.15, -0.1) is 0 Å². The standard InChI is InChI=1S/C62H110N2O21/c1-4-6-8-10-12-14-16-17-18-19-20-21-22-23-24-25-26-28-30-32-34-36-49(72)64-43(44(69)35-33-31-29-27-15-13-11-9-7-5-2)41-80-59-54(76)53(75)56(48(40-67)82-59)83-60-55(77)58(52(74)47(39-66)81-60)85-62(61(78)79)37-45(70)50(63-42(3)68)57(84-62)51(73)46(71)38-65/h6,8,12,14,33,35,43-48,50-60,65-67,69-71,73-77H,4-5,7,9-11,13,15-32,34,36-41H2,1-3H3,(H,63,68)(H,64,72)(H,78,79)/b8-6-,14-12-,35-33+. The van der Waals surface area contributed by atoms with Gasteiger partial charge in [0, 0.05) is 19.8 Å². The van der Waals surface area contributed by atoms with Gasteiger partial charge in [0.15, 0.2) is 12.6 Å². The molecule has 0 aliphatic carbocycles. The summed E-state index contributed by atoms with van der Waals surface area (Å²) in [6, 6.07) is -2.62. The van der Waals surface area contributed by atoms with Gasteiger partial charge in [-0.3, -0.25) is 9.59 Å². The van der Waals surface area contributed by atoms with Crippen LogP contribution in [-0.4, -0.2) is 215 Å². The Morgan fingerprint density at radius 1 is 0.635 bits per heavy atom. The zero-order valence-electron chi connectivity index (χ0n) is 50.9. The maximum Gasteiger partial charge on any atom is 0.364 e. The molecule has 14 N–H and O–H groups in total. The van der Waals surface area contributed by atoms with Crippen LogP contribution >= 0.6 is 0 Å². The molecular formula is C62H110N2O21. The van der Waals surface area contributed by atoms with Crippen molar-refractivity contribution in [1.29, 1.82) is 0 Å². The number of carboxylic acid groups (broad SMARTS) is 1. The lowest BCUT2D eigenvalue weighted by Gasteiger charge is -2.50. The average Bonchev–Trinajstić information content (AvgIpc) is 1.85. The number of unbranched alkanes of at least 4 members (excludes halogenated alkanes) is 22. The second-order valence-corrected chi connectivity index (χ2v) is 23.2. The summed E-state index contributed by atoms with van der Waals surface area (Å²) in [5.74, 6) is -6.15. The van der Waals surface area contributed by atoms with E-state index >= 15 is 0 Å². The molecule has 3 saturated heterocycles. The fraction of sp³-hybridized carbons (Fsp3) is 0.855. The molecule has 0 aromatic heterocycles. The lowest BCUT2D eigenvalue weighted by Crippen LogP contribution is -2.70. The Balaban J connectivity index is 1.60. The number of ether oxygens (including phenoxy) is 6. The molecule has 3 aliphatic heterocycles. The van der Waals surface area contributed by atoms with Crippen molar-refractivity contribution in [2.45, 2.75) is 310 Å². The molecule has 18 unspecified atom stereocenters. The van der Waals surface area contributed by atoms with Gasteiger partial charge in [-0.2, -0.15) is 0 Å². The van der Waals surface area contributed by atoms with Crippen LogP contribution in [0.2, 0.25) is 0 Å². The molecule has 2 amide bonds. The van der Waals surface area contributed by atoms with E-state index in [1.807, 2.05) is 6.08 Å². The highest BCUT2D eigenvalue weighted by atomic mass is 16.8. The third kappa shape index (κ3) is 27.3. The fourth-order valence-corrected chi connectivity index (χ4v) is 11.0. The molecule has 0 saturated carbocycles. The van der Waals surface area contributed by atoms with Crippen molar-refractivity contribution in [3.05, 3.63) is 36.5 Å². The number of aliphatic hydroxyl groups excluding tert-OH is 11. The third-order valence-corrected chi connectivity index (χ3v) is 16.1. The molecular weight excluding hydrogens is 1110 g/mol. The van der Waals surface area contributed by atoms with Crippen molar-refractivity contribution in [3.63, 3.8) is 0 Å². The Morgan fingerprint density at radius 2 is 1.18 bits per heavy atom. The smallest absolute Gasteiger partial charge is 0.364 e. The summed E-state index contributed by atoms with van der Waals surface area (Å²) >= 11 is 0. The van der Waals surface area contributed by atoms with Crippen molar-refractivity contribution >= 4 is 17.8 Å². The van der Waals surface area contributed by atoms with Crippen molar-refractivity contribution in [3.8, 4) is 0 Å². The van der Waals surface area contributed by atoms with Crippen LogP contribution in [0.25, 0.3) is 0 Å². The maximum atomic E-state index is 13.4. The van der Waals surface area contributed by atoms with Crippen molar-refractivity contribution in [1.82, 2.24) is 10.6 Å². The number of aliphatic hydroxyl groups is 11. The van der Waals surface area contributed by atoms with E-state index in [1.165, 1.54) is 96.3 Å². The monoisotopic (exact) mass is 1220 g/mol. The summed E-state index contributed by atoms with van der Waals surface area (Å²) in [5, 5.41) is 135. The number of rotatable bonds is 46. The summed E-state index contributed by atoms with van der Waals surface area (Å²) in [7, 11) is 0. The number of amides is 2. The highest BCUT2D eigenvalue weighted by Crippen LogP contribution is 2.38. The molecule has 23 heteroatoms. The van der Waals surface area contributed by atoms with E-state index in [2.05, 4.69) is 48.8 Å². The second-order valence-electron chi connectivity index (χ2n) is 23.2. The van der Waals surface area contributed by atoms with Crippen LogP contribution in [-0.2, 0) is 42.8 Å². The van der Waals surface area contributed by atoms with Gasteiger partial charge in [-0.05, 0) is 44.9 Å². The Kier molecular flexibility index (Phi) is 39.1. The second kappa shape index (κ2) is 43.6. The molecule has 23 nitrogen and oxygen atoms in total. The van der Waals surface area contributed by atoms with Crippen LogP contribution in [0, 0.1) is 0 Å². The van der Waals surface area contributed by atoms with Crippen LogP contribution in [0.3, 0.4) is 0 Å². The topological polar surface area (TPSA) is 373 Å². The predicted octanol–water partition coefficient (Wildman–Crippen LogP) is 3.89. The lowest BCUT2D eigenvalue weighted by molar-refractivity contribution is -0.386. The number of aliphatic carboxylic acids is 1. The number of carboxylic acids is 1. The lowest BCUT2D eigenvalue weighted by atomic mass is 9.88. The molecule has 18 atom stereocenters. The predicted molar refractivity (Wildman–Crippen MR) is 315 cm³/mol. The Labute approximate surface area is 504 Å². The van der Waals surface area contributed by atoms with Crippen molar-refractivity contribution in [2.75, 3.05) is 26.4 Å². The number of carbonyl (C=O) groups is 3. The SMILES string of the molecule is CC/C=C\C/C=C\CCCCCCCCCCCCCCCCC(=O)NC(COC1OC(CO)C(OC2OC(CO)C(O)C(OC3(C(=O)O)CC(O)C(NC(C)=O)C(C(O)C(O)CO)O3)C2O)C(O)C1O)C(O)/C=C/CCCCCCCCCC. The molecule has 3 rings (SSSR count). The van der Waals surface area contributed by atoms with Crippen LogP contribution in [0.1, 0.15) is 201 Å². The van der Waals surface area contributed by atoms with E-state index in [0.29, 0.717) is 12.8 Å². The van der Waals surface area contributed by atoms with E-state index in [9.17, 15) is 75.7 Å². The van der Waals surface area contributed by atoms with E-state index in [-0.39, 0.29) is 12.3 Å². The molecule has 3 fully saturated rings. The van der Waals surface area contributed by atoms with E-state index in [4.69, 9.17) is 28.4 Å². The Hall–Kier alpha value is -3.05. The number of carbonyl (C=O) groups excluding carboxylic acids is 2. The van der Waals surface area contributed by atoms with Crippen molar-refractivity contribution in [2.24, 2.45) is 0 Å². The zero-order chi connectivity index (χ0) is 62.6. The van der Waals surface area contributed by atoms with Gasteiger partial charge in [0.2, 0.25) is 11.8 Å². The highest BCUT2D eigenvalue weighted by Gasteiger charge is 2.60. The average molecular weight is 1220 g/mol. The van der Waals surface area contributed by atoms with Gasteiger partial charge in [-0.1, -0.05) is 172 Å². The third-order valence-electron chi connectivity index (χ3n) is 16.1. The molecule has 3 aliphatic rings. The van der Waals surface area contributed by atoms with E-state index in [0.717, 1.165) is 64.7 Å². The van der Waals surface area contributed by atoms with Crippen LogP contribution in [0.15, 0.2) is 36.5 Å². The summed E-state index contributed by atoms with van der Waals surface area (Å²) < 4.78 is 34.7. The van der Waals surface area contributed by atoms with Crippen molar-refractivity contribution < 1.29 is 104 Å². The minimum atomic E-state index is -3.08. The van der Waals surface area contributed by atoms with Gasteiger partial charge in [0.25, 0.3) is 5.79 Å². The quantitative estimate of drug-likeness (QED) is 0.0304. The summed E-state index contributed by atoms with van der Waals surface area (Å²) in [5.41, 5.74) is 0. The minimum absolute atomic E-state index is 0.199. The van der Waals surface area contributed by atoms with Crippen LogP contribution < -0.4 is 10.6 Å². The number of allylic oxidation sites excluding steroid dienone is 5. The normalized spacial score (nSPS) is 29.8. The molecule has 0 spiro atoms. The molecule has 85 heavy (non-hydrogen) atoms. The largest absolute Gasteiger partial charge is 0.477 e. The fourth-order valence-electron chi connectivity index (χ4n) is 11.0. The maximum absolute atomic E-state index is 13.4. The van der Waals surface area contributed by atoms with Gasteiger partial charge in [0.05, 0.1) is 50.7 Å². The highest BCUT2D eigenvalue weighted by molar-refractivity contribution is 5.77. The first-order chi connectivity index (χ1) is 40.9. The zero-order valence-corrected chi connectivity index (χ0v) is 50.9. The molecule has 494 valence electrons. The molecule has 0 radical (unpaired) electrons. The summed E-state index contributed by atoms with van der Waals surface area (Å²) in [4.78, 5) is 38.4. The number of nitrogens with one attached hydrogen (secondary N) is 2. The Bertz CT molecular complexity index is 1880. The summed E-state index contributed by atoms with van der Waals surface area (Å²) in [6.07, 6.45) is 12.2. The first-order valence-electron chi connectivity index (χ1n) is 31.9. The number of hydrogen-bond acceptors (Lipinski definition) is 20. The van der Waals surface area contributed by atoms with Crippen LogP contribution in [0.4, 0.5) is 0 Å². The molecule has 0 aromatic rings. The molecule has 0 bridgehead atoms. The van der Waals surface area contributed by atoms with Gasteiger partial charge >= 0.3 is 5.97 Å². The van der Waals surface area contributed by atoms with Crippen LogP contribution in [0.5, 0.6) is 0 Å². The van der Waals surface area contributed by atoms with Gasteiger partial charge in [0.1, 0.15) is 67.1 Å². The van der Waals surface area contributed by atoms with Gasteiger partial charge < -0.3 is 100 Å². The summed E-state index contributed by atoms with van der Waals surface area (Å²) in [6.45, 7) is 1.97. The minimum Gasteiger partial charge on any atom is -0.477 e. The van der Waals surface area contributed by atoms with E-state index < -0.39 is 155 Å². The van der Waals surface area contributed by atoms with Gasteiger partial charge in [-0.25, -0.2) is 4.79 Å². The number of hydrogen-bond donors (Lipinski definition) is 14.